The molecular weight excluding hydrogens is 973 g/mol. The van der Waals surface area contributed by atoms with E-state index in [1.54, 1.807) is 0 Å². The highest BCUT2D eigenvalue weighted by Gasteiger charge is 2.47. The van der Waals surface area contributed by atoms with Gasteiger partial charge in [-0.25, -0.2) is 0 Å². The lowest BCUT2D eigenvalue weighted by Crippen LogP contribution is -2.61. The van der Waals surface area contributed by atoms with Gasteiger partial charge in [-0.1, -0.05) is 231 Å². The Bertz CT molecular complexity index is 1370. The second kappa shape index (κ2) is 48.0. The number of esters is 2. The molecule has 15 heteroatoms. The highest BCUT2D eigenvalue weighted by molar-refractivity contribution is 5.70. The second-order valence-corrected chi connectivity index (χ2v) is 22.2. The molecule has 0 amide bonds. The summed E-state index contributed by atoms with van der Waals surface area (Å²) in [6, 6.07) is 0. The summed E-state index contributed by atoms with van der Waals surface area (Å²) < 4.78 is 33.8. The number of ether oxygens (including phenoxy) is 6. The standard InChI is InChI=1S/C61H114O15/c1-3-5-7-9-11-13-15-17-19-21-22-23-24-25-26-28-30-32-34-36-38-40-42-44-53(64)74-49(46-71-52(63)43-41-39-37-35-33-31-29-27-20-18-16-14-12-10-8-6-4-2)47-72-60-59(70)57(68)55(66)51(76-60)48-73-61-58(69)56(67)54(65)50(45-62)75-61/h21-22,49-51,54-62,65-70H,3-20,23-48H2,1-2H3/b22-21-. The van der Waals surface area contributed by atoms with Gasteiger partial charge in [-0.3, -0.25) is 9.59 Å². The molecule has 15 nitrogen and oxygen atoms in total. The molecule has 2 aliphatic heterocycles. The first-order valence-corrected chi connectivity index (χ1v) is 31.3. The van der Waals surface area contributed by atoms with Gasteiger partial charge in [0.25, 0.3) is 0 Å². The minimum absolute atomic E-state index is 0.170. The van der Waals surface area contributed by atoms with E-state index in [0.717, 1.165) is 38.5 Å². The van der Waals surface area contributed by atoms with Crippen molar-refractivity contribution in [2.24, 2.45) is 0 Å². The van der Waals surface area contributed by atoms with Crippen LogP contribution in [0.4, 0.5) is 0 Å². The number of hydrogen-bond donors (Lipinski definition) is 7. The third-order valence-corrected chi connectivity index (χ3v) is 15.2. The predicted octanol–water partition coefficient (Wildman–Crippen LogP) is 11.3. The number of aliphatic hydroxyl groups excluding tert-OH is 7. The Balaban J connectivity index is 1.71. The van der Waals surface area contributed by atoms with Crippen molar-refractivity contribution < 1.29 is 73.8 Å². The molecule has 0 spiro atoms. The highest BCUT2D eigenvalue weighted by Crippen LogP contribution is 2.27. The van der Waals surface area contributed by atoms with E-state index in [2.05, 4.69) is 26.0 Å². The molecule has 2 saturated heterocycles. The topological polar surface area (TPSA) is 231 Å². The smallest absolute Gasteiger partial charge is 0.306 e. The molecule has 0 saturated carbocycles. The van der Waals surface area contributed by atoms with Crippen molar-refractivity contribution in [3.8, 4) is 0 Å². The summed E-state index contributed by atoms with van der Waals surface area (Å²) >= 11 is 0. The number of carbonyl (C=O) groups is 2. The summed E-state index contributed by atoms with van der Waals surface area (Å²) in [4.78, 5) is 25.9. The van der Waals surface area contributed by atoms with Crippen LogP contribution in [-0.2, 0) is 38.0 Å². The molecule has 0 aliphatic carbocycles. The first kappa shape index (κ1) is 70.3. The maximum Gasteiger partial charge on any atom is 0.306 e. The van der Waals surface area contributed by atoms with Crippen LogP contribution in [0.15, 0.2) is 12.2 Å². The molecule has 11 atom stereocenters. The molecule has 0 radical (unpaired) electrons. The molecule has 2 fully saturated rings. The van der Waals surface area contributed by atoms with Crippen molar-refractivity contribution in [1.82, 2.24) is 0 Å². The Kier molecular flexibility index (Phi) is 44.4. The maximum atomic E-state index is 13.1. The number of unbranched alkanes of at least 4 members (excludes halogenated alkanes) is 35. The Morgan fingerprint density at radius 3 is 1.16 bits per heavy atom. The molecule has 0 aromatic heterocycles. The molecule has 0 aromatic carbocycles. The fourth-order valence-electron chi connectivity index (χ4n) is 10.2. The first-order valence-electron chi connectivity index (χ1n) is 31.3. The van der Waals surface area contributed by atoms with E-state index >= 15 is 0 Å². The molecule has 2 rings (SSSR count). The molecule has 7 N–H and O–H groups in total. The van der Waals surface area contributed by atoms with Crippen molar-refractivity contribution in [3.63, 3.8) is 0 Å². The van der Waals surface area contributed by atoms with Gasteiger partial charge < -0.3 is 64.2 Å². The zero-order valence-electron chi connectivity index (χ0n) is 48.0. The Morgan fingerprint density at radius 1 is 0.408 bits per heavy atom. The first-order chi connectivity index (χ1) is 37.0. The molecule has 0 bridgehead atoms. The highest BCUT2D eigenvalue weighted by atomic mass is 16.7. The Morgan fingerprint density at radius 2 is 0.750 bits per heavy atom. The molecular formula is C61H114O15. The van der Waals surface area contributed by atoms with Crippen LogP contribution in [-0.4, -0.2) is 142 Å². The largest absolute Gasteiger partial charge is 0.462 e. The summed E-state index contributed by atoms with van der Waals surface area (Å²) in [7, 11) is 0. The summed E-state index contributed by atoms with van der Waals surface area (Å²) in [5, 5.41) is 72.4. The lowest BCUT2D eigenvalue weighted by molar-refractivity contribution is -0.332. The SMILES string of the molecule is CCCCCCCCCC/C=C\CCCCCCCCCCCCCC(=O)OC(COC(=O)CCCCCCCCCCCCCCCCCCC)COC1OC(COC2OC(CO)C(O)C(O)C2O)C(O)C(O)C1O. The van der Waals surface area contributed by atoms with Gasteiger partial charge in [-0.05, 0) is 38.5 Å². The average Bonchev–Trinajstić information content (AvgIpc) is 3.41. The summed E-state index contributed by atoms with van der Waals surface area (Å²) in [6.07, 6.45) is 35.2. The fourth-order valence-corrected chi connectivity index (χ4v) is 10.2. The van der Waals surface area contributed by atoms with Gasteiger partial charge in [0.05, 0.1) is 19.8 Å². The summed E-state index contributed by atoms with van der Waals surface area (Å²) in [5.74, 6) is -0.907. The van der Waals surface area contributed by atoms with Gasteiger partial charge in [-0.2, -0.15) is 0 Å². The van der Waals surface area contributed by atoms with Crippen LogP contribution >= 0.6 is 0 Å². The molecule has 11 unspecified atom stereocenters. The number of hydrogen-bond acceptors (Lipinski definition) is 15. The van der Waals surface area contributed by atoms with E-state index in [1.807, 2.05) is 0 Å². The summed E-state index contributed by atoms with van der Waals surface area (Å²) in [6.45, 7) is 2.66. The minimum Gasteiger partial charge on any atom is -0.462 e. The quantitative estimate of drug-likeness (QED) is 0.0171. The van der Waals surface area contributed by atoms with Gasteiger partial charge in [0.1, 0.15) is 55.4 Å². The van der Waals surface area contributed by atoms with Gasteiger partial charge in [0.2, 0.25) is 0 Å². The van der Waals surface area contributed by atoms with Gasteiger partial charge >= 0.3 is 11.9 Å². The van der Waals surface area contributed by atoms with Crippen LogP contribution in [0.5, 0.6) is 0 Å². The van der Waals surface area contributed by atoms with Gasteiger partial charge in [0, 0.05) is 12.8 Å². The van der Waals surface area contributed by atoms with Crippen LogP contribution in [0.25, 0.3) is 0 Å². The van der Waals surface area contributed by atoms with Crippen molar-refractivity contribution in [2.45, 2.75) is 338 Å². The van der Waals surface area contributed by atoms with E-state index in [0.29, 0.717) is 12.8 Å². The molecule has 2 aliphatic rings. The van der Waals surface area contributed by atoms with E-state index < -0.39 is 92.7 Å². The van der Waals surface area contributed by atoms with Crippen molar-refractivity contribution in [1.29, 1.82) is 0 Å². The van der Waals surface area contributed by atoms with E-state index in [4.69, 9.17) is 28.4 Å². The van der Waals surface area contributed by atoms with Crippen LogP contribution in [0.3, 0.4) is 0 Å². The van der Waals surface area contributed by atoms with E-state index in [-0.39, 0.29) is 26.1 Å². The van der Waals surface area contributed by atoms with Gasteiger partial charge in [-0.15, -0.1) is 0 Å². The third-order valence-electron chi connectivity index (χ3n) is 15.2. The zero-order chi connectivity index (χ0) is 55.3. The van der Waals surface area contributed by atoms with Crippen molar-refractivity contribution >= 4 is 11.9 Å². The summed E-state index contributed by atoms with van der Waals surface area (Å²) in [5.41, 5.74) is 0. The van der Waals surface area contributed by atoms with E-state index in [1.165, 1.54) is 193 Å². The van der Waals surface area contributed by atoms with Gasteiger partial charge in [0.15, 0.2) is 18.7 Å². The fraction of sp³-hybridized carbons (Fsp3) is 0.934. The zero-order valence-corrected chi connectivity index (χ0v) is 48.0. The van der Waals surface area contributed by atoms with E-state index in [9.17, 15) is 45.3 Å². The number of carbonyl (C=O) groups excluding carboxylic acids is 2. The van der Waals surface area contributed by atoms with Crippen LogP contribution in [0, 0.1) is 0 Å². The number of rotatable bonds is 51. The minimum atomic E-state index is -1.76. The molecule has 76 heavy (non-hydrogen) atoms. The van der Waals surface area contributed by atoms with Crippen LogP contribution in [0.1, 0.15) is 271 Å². The van der Waals surface area contributed by atoms with Crippen molar-refractivity contribution in [3.05, 3.63) is 12.2 Å². The maximum absolute atomic E-state index is 13.1. The molecule has 2 heterocycles. The lowest BCUT2D eigenvalue weighted by atomic mass is 9.98. The average molecular weight is 1090 g/mol. The normalized spacial score (nSPS) is 24.3. The monoisotopic (exact) mass is 1090 g/mol. The number of aliphatic hydroxyl groups is 7. The molecule has 0 aromatic rings. The second-order valence-electron chi connectivity index (χ2n) is 22.2. The predicted molar refractivity (Wildman–Crippen MR) is 298 cm³/mol. The van der Waals surface area contributed by atoms with Crippen molar-refractivity contribution in [2.75, 3.05) is 26.4 Å². The van der Waals surface area contributed by atoms with Crippen LogP contribution in [0.2, 0.25) is 0 Å². The molecule has 448 valence electrons. The Hall–Kier alpha value is -1.76. The third kappa shape index (κ3) is 34.4. The lowest BCUT2D eigenvalue weighted by Gasteiger charge is -2.42. The van der Waals surface area contributed by atoms with Crippen LogP contribution < -0.4 is 0 Å². The Labute approximate surface area is 460 Å². The number of allylic oxidation sites excluding steroid dienone is 2.